The number of amides is 1. The summed E-state index contributed by atoms with van der Waals surface area (Å²) in [5, 5.41) is 7.21. The fourth-order valence-electron chi connectivity index (χ4n) is 4.61. The fourth-order valence-corrected chi connectivity index (χ4v) is 4.61. The van der Waals surface area contributed by atoms with Crippen LogP contribution in [0.3, 0.4) is 0 Å². The van der Waals surface area contributed by atoms with Gasteiger partial charge in [-0.15, -0.1) is 6.58 Å². The topological polar surface area (TPSA) is 72.3 Å². The number of carbonyl (C=O) groups is 1. The molecule has 3 heterocycles. The number of nitrogens with zero attached hydrogens (tertiary/aromatic N) is 4. The number of carbonyl (C=O) groups excluding carboxylic acids is 1. The summed E-state index contributed by atoms with van der Waals surface area (Å²) in [4.78, 5) is 19.0. The van der Waals surface area contributed by atoms with Gasteiger partial charge in [-0.25, -0.2) is 13.5 Å². The first-order chi connectivity index (χ1) is 15.0. The molecule has 1 amide bonds. The highest BCUT2D eigenvalue weighted by molar-refractivity contribution is 5.94. The molecule has 2 atom stereocenters. The Hall–Kier alpha value is -2.97. The lowest BCUT2D eigenvalue weighted by molar-refractivity contribution is 0.0537. The van der Waals surface area contributed by atoms with E-state index in [0.717, 1.165) is 24.2 Å². The summed E-state index contributed by atoms with van der Waals surface area (Å²) in [5.41, 5.74) is 1.55. The lowest BCUT2D eigenvalue weighted by Gasteiger charge is -2.40. The van der Waals surface area contributed by atoms with E-state index in [1.807, 2.05) is 17.0 Å². The minimum Gasteiger partial charge on any atom is -0.496 e. The molecule has 1 aromatic heterocycles. The summed E-state index contributed by atoms with van der Waals surface area (Å²) < 4.78 is 33.7. The number of halogens is 2. The summed E-state index contributed by atoms with van der Waals surface area (Å²) in [6, 6.07) is 4.38. The van der Waals surface area contributed by atoms with Gasteiger partial charge in [-0.1, -0.05) is 6.08 Å². The van der Waals surface area contributed by atoms with Crippen molar-refractivity contribution in [3.8, 4) is 5.75 Å². The van der Waals surface area contributed by atoms with Crippen molar-refractivity contribution in [2.24, 2.45) is 5.92 Å². The lowest BCUT2D eigenvalue weighted by atomic mass is 9.85. The van der Waals surface area contributed by atoms with Crippen LogP contribution in [-0.2, 0) is 6.42 Å². The Morgan fingerprint density at radius 3 is 2.84 bits per heavy atom. The molecule has 2 aliphatic heterocycles. The Morgan fingerprint density at radius 2 is 2.16 bits per heavy atom. The molecule has 1 N–H and O–H groups in total. The largest absolute Gasteiger partial charge is 0.496 e. The van der Waals surface area contributed by atoms with E-state index in [-0.39, 0.29) is 17.9 Å². The van der Waals surface area contributed by atoms with Crippen LogP contribution >= 0.6 is 0 Å². The molecule has 2 aromatic rings. The molecule has 0 unspecified atom stereocenters. The molecule has 0 saturated carbocycles. The van der Waals surface area contributed by atoms with Crippen molar-refractivity contribution < 1.29 is 18.3 Å². The predicted octanol–water partition coefficient (Wildman–Crippen LogP) is 3.56. The number of likely N-dealkylation sites (tertiary alicyclic amines) is 1. The first kappa shape index (κ1) is 21.3. The molecule has 1 fully saturated rings. The number of ether oxygens (including phenoxy) is 1. The summed E-state index contributed by atoms with van der Waals surface area (Å²) in [6.45, 7) is 4.95. The van der Waals surface area contributed by atoms with Crippen molar-refractivity contribution in [2.75, 3.05) is 25.5 Å². The Balaban J connectivity index is 1.40. The number of hydrogen-bond acceptors (Lipinski definition) is 5. The Kier molecular flexibility index (Phi) is 6.20. The summed E-state index contributed by atoms with van der Waals surface area (Å²) in [5.74, 6) is 1.31. The van der Waals surface area contributed by atoms with Gasteiger partial charge in [0.05, 0.1) is 7.11 Å². The monoisotopic (exact) mass is 431 g/mol. The van der Waals surface area contributed by atoms with Gasteiger partial charge in [0, 0.05) is 24.7 Å². The zero-order chi connectivity index (χ0) is 22.0. The van der Waals surface area contributed by atoms with E-state index in [0.29, 0.717) is 37.4 Å². The van der Waals surface area contributed by atoms with Crippen LogP contribution in [0.4, 0.5) is 14.7 Å². The second-order valence-electron chi connectivity index (χ2n) is 8.07. The van der Waals surface area contributed by atoms with E-state index in [1.54, 1.807) is 19.3 Å². The Bertz CT molecular complexity index is 940. The highest BCUT2D eigenvalue weighted by Gasteiger charge is 2.38. The smallest absolute Gasteiger partial charge is 0.260 e. The molecular formula is C22H27F2N5O2. The predicted molar refractivity (Wildman–Crippen MR) is 113 cm³/mol. The summed E-state index contributed by atoms with van der Waals surface area (Å²) in [6.07, 6.45) is 3.02. The van der Waals surface area contributed by atoms with Crippen LogP contribution in [0.15, 0.2) is 37.2 Å². The van der Waals surface area contributed by atoms with Gasteiger partial charge in [0.1, 0.15) is 18.1 Å². The first-order valence-electron chi connectivity index (χ1n) is 10.5. The average molecular weight is 431 g/mol. The zero-order valence-electron chi connectivity index (χ0n) is 17.5. The lowest BCUT2D eigenvalue weighted by Crippen LogP contribution is -2.46. The van der Waals surface area contributed by atoms with Gasteiger partial charge in [0.2, 0.25) is 5.95 Å². The van der Waals surface area contributed by atoms with Gasteiger partial charge in [-0.05, 0) is 55.4 Å². The van der Waals surface area contributed by atoms with Crippen molar-refractivity contribution in [3.05, 3.63) is 48.3 Å². The quantitative estimate of drug-likeness (QED) is 0.708. The molecule has 0 bridgehead atoms. The van der Waals surface area contributed by atoms with E-state index in [9.17, 15) is 13.6 Å². The second-order valence-corrected chi connectivity index (χ2v) is 8.07. The number of piperidine rings is 1. The van der Waals surface area contributed by atoms with Crippen LogP contribution in [0.25, 0.3) is 0 Å². The molecule has 2 aliphatic rings. The highest BCUT2D eigenvalue weighted by atomic mass is 19.3. The normalized spacial score (nSPS) is 21.5. The van der Waals surface area contributed by atoms with Gasteiger partial charge >= 0.3 is 0 Å². The number of anilines is 1. The maximum absolute atomic E-state index is 13.5. The van der Waals surface area contributed by atoms with E-state index in [2.05, 4.69) is 22.0 Å². The molecular weight excluding hydrogens is 404 g/mol. The van der Waals surface area contributed by atoms with Gasteiger partial charge in [0.25, 0.3) is 12.3 Å². The van der Waals surface area contributed by atoms with E-state index in [4.69, 9.17) is 4.74 Å². The van der Waals surface area contributed by atoms with Crippen molar-refractivity contribution in [3.63, 3.8) is 0 Å². The third kappa shape index (κ3) is 4.26. The number of nitrogens with one attached hydrogen (secondary N) is 1. The van der Waals surface area contributed by atoms with Gasteiger partial charge in [-0.2, -0.15) is 10.1 Å². The zero-order valence-corrected chi connectivity index (χ0v) is 17.5. The maximum atomic E-state index is 13.5. The van der Waals surface area contributed by atoms with Crippen LogP contribution < -0.4 is 10.1 Å². The number of methoxy groups -OCH3 is 1. The van der Waals surface area contributed by atoms with Crippen LogP contribution in [0.2, 0.25) is 0 Å². The van der Waals surface area contributed by atoms with E-state index in [1.165, 1.54) is 11.0 Å². The molecule has 1 aromatic carbocycles. The molecule has 0 radical (unpaired) electrons. The van der Waals surface area contributed by atoms with Crippen molar-refractivity contribution in [1.29, 1.82) is 0 Å². The van der Waals surface area contributed by atoms with Gasteiger partial charge < -0.3 is 15.0 Å². The van der Waals surface area contributed by atoms with Crippen LogP contribution in [-0.4, -0.2) is 58.2 Å². The maximum Gasteiger partial charge on any atom is 0.260 e. The molecule has 1 saturated heterocycles. The SMILES string of the molecule is C=CCc1cc(C(=O)N2CCC([C@@H]3C[C@H](C(F)F)n4ncnc4N3)CC2)ccc1OC. The number of hydrogen-bond donors (Lipinski definition) is 1. The number of benzene rings is 1. The molecule has 7 nitrogen and oxygen atoms in total. The van der Waals surface area contributed by atoms with Crippen LogP contribution in [0, 0.1) is 5.92 Å². The number of allylic oxidation sites excluding steroid dienone is 1. The first-order valence-corrected chi connectivity index (χ1v) is 10.5. The Labute approximate surface area is 180 Å². The number of rotatable bonds is 6. The Morgan fingerprint density at radius 1 is 1.39 bits per heavy atom. The van der Waals surface area contributed by atoms with Crippen LogP contribution in [0.1, 0.15) is 41.2 Å². The number of aromatic nitrogens is 3. The van der Waals surface area contributed by atoms with Gasteiger partial charge in [0.15, 0.2) is 0 Å². The van der Waals surface area contributed by atoms with Crippen molar-refractivity contribution >= 4 is 11.9 Å². The molecule has 4 rings (SSSR count). The third-order valence-corrected chi connectivity index (χ3v) is 6.28. The second kappa shape index (κ2) is 9.03. The number of alkyl halides is 2. The van der Waals surface area contributed by atoms with E-state index >= 15 is 0 Å². The highest BCUT2D eigenvalue weighted by Crippen LogP contribution is 2.35. The minimum absolute atomic E-state index is 0.0202. The molecule has 0 spiro atoms. The summed E-state index contributed by atoms with van der Waals surface area (Å²) in [7, 11) is 1.61. The minimum atomic E-state index is -2.49. The summed E-state index contributed by atoms with van der Waals surface area (Å²) >= 11 is 0. The van der Waals surface area contributed by atoms with Crippen molar-refractivity contribution in [1.82, 2.24) is 19.7 Å². The fraction of sp³-hybridized carbons (Fsp3) is 0.500. The molecule has 0 aliphatic carbocycles. The molecule has 166 valence electrons. The van der Waals surface area contributed by atoms with Crippen molar-refractivity contribution in [2.45, 2.75) is 44.2 Å². The van der Waals surface area contributed by atoms with E-state index < -0.39 is 12.5 Å². The average Bonchev–Trinajstić information content (AvgIpc) is 3.27. The standard InChI is InChI=1S/C22H27F2N5O2/c1-3-4-15-11-16(5-6-19(15)31-2)21(30)28-9-7-14(8-10-28)17-12-18(20(23)24)29-22(27-17)25-13-26-29/h3,5-6,11,13-14,17-18,20H,1,4,7-10,12H2,2H3,(H,25,26,27)/t17-,18+/m0/s1. The molecule has 31 heavy (non-hydrogen) atoms. The van der Waals surface area contributed by atoms with Gasteiger partial charge in [-0.3, -0.25) is 4.79 Å². The molecule has 9 heteroatoms. The third-order valence-electron chi connectivity index (χ3n) is 6.28. The number of fused-ring (bicyclic) bond motifs is 1. The van der Waals surface area contributed by atoms with Crippen LogP contribution in [0.5, 0.6) is 5.75 Å².